The van der Waals surface area contributed by atoms with E-state index in [2.05, 4.69) is 165 Å². The molecule has 342 valence electrons. The first-order chi connectivity index (χ1) is 36.5. The summed E-state index contributed by atoms with van der Waals surface area (Å²) in [7, 11) is 0. The van der Waals surface area contributed by atoms with E-state index in [0.717, 1.165) is 111 Å². The standard InChI is InChI=1S/C68H40N6/c1-71-57-25-19-50(20-26-57)56-38-54(48-11-7-4-8-12-48)39-61(42-56)73(59-29-15-46(44-70)16-30-59)65-35-23-51-22-34-64-66(36-24-52-21-33-63(65)67(51)68(52)64)74(60-31-27-58(72-2)28-32-60)62-40-53(47-9-5-3-6-10-47)37-55(41-62)49-17-13-45(43-69)14-18-49/h3-42H. The SMILES string of the molecule is [C-]#[N+]c1ccc(-c2cc(-c3ccccc3)cc(N(c3ccc(C#N)cc3)c3ccc4ccc5c(N(c6ccc([N+]#[C-])cc6)c6cc(-c7ccccc7)cc(-c7ccc(C#N)cc7)c6)ccc6ccc3c4c65)c2)cc1. The van der Waals surface area contributed by atoms with Gasteiger partial charge in [-0.1, -0.05) is 146 Å². The molecule has 0 radical (unpaired) electrons. The average Bonchev–Trinajstić information content (AvgIpc) is 3.48. The van der Waals surface area contributed by atoms with E-state index >= 15 is 0 Å². The topological polar surface area (TPSA) is 62.8 Å². The molecule has 0 aliphatic carbocycles. The fourth-order valence-corrected chi connectivity index (χ4v) is 10.3. The van der Waals surface area contributed by atoms with Gasteiger partial charge in [0.15, 0.2) is 11.4 Å². The smallest absolute Gasteiger partial charge is 0.187 e. The Balaban J connectivity index is 1.10. The largest absolute Gasteiger partial charge is 0.310 e. The highest BCUT2D eigenvalue weighted by Crippen LogP contribution is 2.49. The monoisotopic (exact) mass is 940 g/mol. The second kappa shape index (κ2) is 18.9. The van der Waals surface area contributed by atoms with E-state index < -0.39 is 0 Å². The molecule has 0 bridgehead atoms. The van der Waals surface area contributed by atoms with Crippen molar-refractivity contribution in [1.29, 1.82) is 10.5 Å². The van der Waals surface area contributed by atoms with E-state index in [-0.39, 0.29) is 0 Å². The van der Waals surface area contributed by atoms with Gasteiger partial charge in [-0.25, -0.2) is 9.69 Å². The van der Waals surface area contributed by atoms with Crippen molar-refractivity contribution in [1.82, 2.24) is 0 Å². The van der Waals surface area contributed by atoms with Gasteiger partial charge in [-0.15, -0.1) is 0 Å². The lowest BCUT2D eigenvalue weighted by molar-refractivity contribution is 1.29. The number of hydrogen-bond acceptors (Lipinski definition) is 4. The highest BCUT2D eigenvalue weighted by Gasteiger charge is 2.24. The van der Waals surface area contributed by atoms with E-state index in [0.29, 0.717) is 22.5 Å². The normalized spacial score (nSPS) is 10.9. The molecular weight excluding hydrogens is 901 g/mol. The van der Waals surface area contributed by atoms with Crippen molar-refractivity contribution in [3.63, 3.8) is 0 Å². The van der Waals surface area contributed by atoms with Crippen molar-refractivity contribution in [3.8, 4) is 56.6 Å². The van der Waals surface area contributed by atoms with E-state index in [9.17, 15) is 10.5 Å². The quantitative estimate of drug-likeness (QED) is 0.101. The first kappa shape index (κ1) is 44.4. The zero-order valence-electron chi connectivity index (χ0n) is 39.8. The first-order valence-electron chi connectivity index (χ1n) is 24.1. The molecule has 0 atom stereocenters. The summed E-state index contributed by atoms with van der Waals surface area (Å²) in [6.45, 7) is 15.4. The van der Waals surface area contributed by atoms with Gasteiger partial charge in [0.25, 0.3) is 0 Å². The Hall–Kier alpha value is -10.8. The Kier molecular flexibility index (Phi) is 11.3. The van der Waals surface area contributed by atoms with E-state index in [4.69, 9.17) is 13.1 Å². The lowest BCUT2D eigenvalue weighted by Crippen LogP contribution is -2.12. The fraction of sp³-hybridized carbons (Fsp3) is 0. The van der Waals surface area contributed by atoms with Gasteiger partial charge in [-0.2, -0.15) is 10.5 Å². The van der Waals surface area contributed by atoms with Crippen molar-refractivity contribution >= 4 is 77.8 Å². The van der Waals surface area contributed by atoms with Crippen LogP contribution in [0.5, 0.6) is 0 Å². The zero-order valence-corrected chi connectivity index (χ0v) is 39.8. The summed E-state index contributed by atoms with van der Waals surface area (Å²) >= 11 is 0. The van der Waals surface area contributed by atoms with Crippen molar-refractivity contribution < 1.29 is 0 Å². The molecule has 0 aliphatic rings. The Morgan fingerprint density at radius 1 is 0.311 bits per heavy atom. The van der Waals surface area contributed by atoms with Crippen LogP contribution in [0.4, 0.5) is 45.5 Å². The van der Waals surface area contributed by atoms with Crippen LogP contribution in [0.2, 0.25) is 0 Å². The molecule has 6 heteroatoms. The molecule has 0 saturated carbocycles. The number of nitriles is 2. The van der Waals surface area contributed by atoms with Crippen molar-refractivity contribution in [2.45, 2.75) is 0 Å². The number of nitrogens with zero attached hydrogens (tertiary/aromatic N) is 6. The highest BCUT2D eigenvalue weighted by atomic mass is 15.2. The van der Waals surface area contributed by atoms with Gasteiger partial charge in [-0.05, 0) is 163 Å². The minimum Gasteiger partial charge on any atom is -0.310 e. The summed E-state index contributed by atoms with van der Waals surface area (Å²) in [5.41, 5.74) is 16.1. The van der Waals surface area contributed by atoms with Crippen LogP contribution in [-0.2, 0) is 0 Å². The van der Waals surface area contributed by atoms with Crippen LogP contribution in [-0.4, -0.2) is 0 Å². The number of hydrogen-bond donors (Lipinski definition) is 0. The zero-order chi connectivity index (χ0) is 50.1. The highest BCUT2D eigenvalue weighted by molar-refractivity contribution is 6.28. The summed E-state index contributed by atoms with van der Waals surface area (Å²) in [5.74, 6) is 0. The lowest BCUT2D eigenvalue weighted by Gasteiger charge is -2.30. The van der Waals surface area contributed by atoms with Gasteiger partial charge < -0.3 is 9.80 Å². The van der Waals surface area contributed by atoms with Gasteiger partial charge in [0.2, 0.25) is 0 Å². The van der Waals surface area contributed by atoms with Crippen LogP contribution in [0.25, 0.3) is 86.5 Å². The Labute approximate surface area is 429 Å². The maximum Gasteiger partial charge on any atom is 0.187 e. The van der Waals surface area contributed by atoms with Crippen LogP contribution in [0, 0.1) is 35.8 Å². The summed E-state index contributed by atoms with van der Waals surface area (Å²) in [6, 6.07) is 87.4. The van der Waals surface area contributed by atoms with Crippen LogP contribution in [0.1, 0.15) is 11.1 Å². The lowest BCUT2D eigenvalue weighted by atomic mass is 9.91. The Bertz CT molecular complexity index is 3970. The van der Waals surface area contributed by atoms with Gasteiger partial charge >= 0.3 is 0 Å². The molecule has 0 spiro atoms. The van der Waals surface area contributed by atoms with Crippen LogP contribution >= 0.6 is 0 Å². The van der Waals surface area contributed by atoms with Gasteiger partial charge in [0, 0.05) is 33.5 Å². The second-order valence-corrected chi connectivity index (χ2v) is 18.2. The minimum absolute atomic E-state index is 0.555. The third-order valence-electron chi connectivity index (χ3n) is 13.8. The molecule has 12 aromatic rings. The van der Waals surface area contributed by atoms with Gasteiger partial charge in [0.05, 0.1) is 47.8 Å². The molecule has 6 nitrogen and oxygen atoms in total. The predicted octanol–water partition coefficient (Wildman–Crippen LogP) is 19.0. The molecule has 0 N–H and O–H groups in total. The molecule has 0 amide bonds. The minimum atomic E-state index is 0.555. The average molecular weight is 941 g/mol. The summed E-state index contributed by atoms with van der Waals surface area (Å²) in [5, 5.41) is 26.1. The number of anilines is 6. The van der Waals surface area contributed by atoms with E-state index in [1.807, 2.05) is 109 Å². The summed E-state index contributed by atoms with van der Waals surface area (Å²) in [6.07, 6.45) is 0. The fourth-order valence-electron chi connectivity index (χ4n) is 10.3. The molecule has 0 heterocycles. The Morgan fingerprint density at radius 2 is 0.649 bits per heavy atom. The molecule has 0 aromatic heterocycles. The van der Waals surface area contributed by atoms with Crippen LogP contribution < -0.4 is 9.80 Å². The predicted molar refractivity (Wildman–Crippen MR) is 303 cm³/mol. The molecule has 0 saturated heterocycles. The number of benzene rings is 12. The Morgan fingerprint density at radius 3 is 1.04 bits per heavy atom. The van der Waals surface area contributed by atoms with Crippen LogP contribution in [0.3, 0.4) is 0 Å². The summed E-state index contributed by atoms with van der Waals surface area (Å²) in [4.78, 5) is 12.0. The third kappa shape index (κ3) is 8.14. The van der Waals surface area contributed by atoms with Crippen molar-refractivity contribution in [2.75, 3.05) is 9.80 Å². The molecule has 12 rings (SSSR count). The van der Waals surface area contributed by atoms with E-state index in [1.165, 1.54) is 0 Å². The van der Waals surface area contributed by atoms with Crippen LogP contribution in [0.15, 0.2) is 243 Å². The molecule has 0 unspecified atom stereocenters. The first-order valence-corrected chi connectivity index (χ1v) is 24.1. The maximum atomic E-state index is 9.93. The maximum absolute atomic E-state index is 9.93. The van der Waals surface area contributed by atoms with Gasteiger partial charge in [-0.3, -0.25) is 0 Å². The number of rotatable bonds is 10. The molecule has 12 aromatic carbocycles. The molecular formula is C68H40N6. The second-order valence-electron chi connectivity index (χ2n) is 18.2. The van der Waals surface area contributed by atoms with E-state index in [1.54, 1.807) is 0 Å². The molecule has 74 heavy (non-hydrogen) atoms. The summed E-state index contributed by atoms with van der Waals surface area (Å²) < 4.78 is 0. The third-order valence-corrected chi connectivity index (χ3v) is 13.8. The molecule has 0 aliphatic heterocycles. The van der Waals surface area contributed by atoms with Crippen molar-refractivity contribution in [3.05, 3.63) is 277 Å². The van der Waals surface area contributed by atoms with Gasteiger partial charge in [0.1, 0.15) is 0 Å². The molecule has 0 fully saturated rings. The van der Waals surface area contributed by atoms with Crippen molar-refractivity contribution in [2.24, 2.45) is 0 Å².